The van der Waals surface area contributed by atoms with Crippen molar-refractivity contribution in [2.75, 3.05) is 26.3 Å². The van der Waals surface area contributed by atoms with E-state index in [4.69, 9.17) is 9.47 Å². The monoisotopic (exact) mass is 237 g/mol. The summed E-state index contributed by atoms with van der Waals surface area (Å²) in [6.07, 6.45) is 2.46. The van der Waals surface area contributed by atoms with Gasteiger partial charge >= 0.3 is 0 Å². The fraction of sp³-hybridized carbons (Fsp3) is 0.538. The first kappa shape index (κ1) is 10.8. The van der Waals surface area contributed by atoms with Gasteiger partial charge in [-0.15, -0.1) is 0 Å². The lowest BCUT2D eigenvalue weighted by Crippen LogP contribution is -2.22. The molecule has 3 rings (SSSR count). The van der Waals surface area contributed by atoms with Crippen LogP contribution < -0.4 is 9.47 Å². The van der Waals surface area contributed by atoms with Crippen LogP contribution in [0.1, 0.15) is 18.4 Å². The maximum atomic E-state index is 13.5. The number of benzene rings is 1. The van der Waals surface area contributed by atoms with Gasteiger partial charge in [-0.3, -0.25) is 4.90 Å². The van der Waals surface area contributed by atoms with Crippen LogP contribution in [-0.2, 0) is 6.54 Å². The van der Waals surface area contributed by atoms with Crippen molar-refractivity contribution < 1.29 is 13.9 Å². The number of hydrogen-bond donors (Lipinski definition) is 0. The first-order valence-electron chi connectivity index (χ1n) is 6.13. The van der Waals surface area contributed by atoms with Crippen LogP contribution in [0.4, 0.5) is 4.39 Å². The van der Waals surface area contributed by atoms with Crippen LogP contribution >= 0.6 is 0 Å². The van der Waals surface area contributed by atoms with E-state index in [2.05, 4.69) is 4.90 Å². The summed E-state index contributed by atoms with van der Waals surface area (Å²) in [6, 6.07) is 2.97. The van der Waals surface area contributed by atoms with Crippen molar-refractivity contribution in [2.24, 2.45) is 0 Å². The zero-order valence-electron chi connectivity index (χ0n) is 9.75. The van der Waals surface area contributed by atoms with Crippen LogP contribution in [-0.4, -0.2) is 31.2 Å². The van der Waals surface area contributed by atoms with Gasteiger partial charge in [-0.05, 0) is 32.0 Å². The molecular weight excluding hydrogens is 221 g/mol. The van der Waals surface area contributed by atoms with Gasteiger partial charge in [0, 0.05) is 18.2 Å². The van der Waals surface area contributed by atoms with Crippen molar-refractivity contribution in [1.82, 2.24) is 4.90 Å². The van der Waals surface area contributed by atoms with E-state index in [1.807, 2.05) is 0 Å². The minimum atomic E-state index is -0.247. The standard InChI is InChI=1S/C13H16FNO2/c14-11-7-10(9-15-3-1-2-4-15)13-12(8-11)16-5-6-17-13/h7-8H,1-6,9H2. The van der Waals surface area contributed by atoms with Gasteiger partial charge in [0.25, 0.3) is 0 Å². The first-order chi connectivity index (χ1) is 8.33. The second-order valence-corrected chi connectivity index (χ2v) is 4.57. The van der Waals surface area contributed by atoms with Crippen LogP contribution in [0.25, 0.3) is 0 Å². The molecule has 17 heavy (non-hydrogen) atoms. The van der Waals surface area contributed by atoms with Crippen molar-refractivity contribution in [3.8, 4) is 11.5 Å². The van der Waals surface area contributed by atoms with Gasteiger partial charge in [0.1, 0.15) is 19.0 Å². The molecule has 2 heterocycles. The summed E-state index contributed by atoms with van der Waals surface area (Å²) in [6.45, 7) is 3.98. The van der Waals surface area contributed by atoms with Gasteiger partial charge in [0.2, 0.25) is 0 Å². The Morgan fingerprint density at radius 2 is 1.88 bits per heavy atom. The highest BCUT2D eigenvalue weighted by Gasteiger charge is 2.20. The Kier molecular flexibility index (Phi) is 2.89. The number of fused-ring (bicyclic) bond motifs is 1. The maximum absolute atomic E-state index is 13.5. The molecule has 1 aromatic rings. The van der Waals surface area contributed by atoms with Gasteiger partial charge in [-0.2, -0.15) is 0 Å². The molecule has 0 radical (unpaired) electrons. The van der Waals surface area contributed by atoms with Gasteiger partial charge in [-0.1, -0.05) is 0 Å². The van der Waals surface area contributed by atoms with Crippen LogP contribution in [0, 0.1) is 5.82 Å². The van der Waals surface area contributed by atoms with Crippen molar-refractivity contribution in [1.29, 1.82) is 0 Å². The molecule has 2 aliphatic rings. The molecule has 0 unspecified atom stereocenters. The van der Waals surface area contributed by atoms with Crippen LogP contribution in [0.3, 0.4) is 0 Å². The quantitative estimate of drug-likeness (QED) is 0.787. The SMILES string of the molecule is Fc1cc(CN2CCCC2)c2c(c1)OCCO2. The Morgan fingerprint density at radius 1 is 1.12 bits per heavy atom. The Hall–Kier alpha value is -1.29. The predicted molar refractivity (Wildman–Crippen MR) is 61.9 cm³/mol. The molecule has 0 N–H and O–H groups in total. The summed E-state index contributed by atoms with van der Waals surface area (Å²) >= 11 is 0. The molecule has 0 saturated carbocycles. The summed E-state index contributed by atoms with van der Waals surface area (Å²) in [5, 5.41) is 0. The van der Waals surface area contributed by atoms with E-state index in [1.54, 1.807) is 6.07 Å². The second kappa shape index (κ2) is 4.53. The highest BCUT2D eigenvalue weighted by molar-refractivity contribution is 5.48. The molecule has 3 nitrogen and oxygen atoms in total. The third-order valence-electron chi connectivity index (χ3n) is 3.28. The van der Waals surface area contributed by atoms with E-state index in [9.17, 15) is 4.39 Å². The Bertz CT molecular complexity index is 416. The summed E-state index contributed by atoms with van der Waals surface area (Å²) in [5.41, 5.74) is 0.904. The molecule has 0 aromatic heterocycles. The lowest BCUT2D eigenvalue weighted by molar-refractivity contribution is 0.166. The fourth-order valence-corrected chi connectivity index (χ4v) is 2.49. The normalized spacial score (nSPS) is 19.6. The average Bonchev–Trinajstić information content (AvgIpc) is 2.81. The smallest absolute Gasteiger partial charge is 0.166 e. The van der Waals surface area contributed by atoms with E-state index in [1.165, 1.54) is 18.9 Å². The molecule has 0 bridgehead atoms. The summed E-state index contributed by atoms with van der Waals surface area (Å²) in [7, 11) is 0. The summed E-state index contributed by atoms with van der Waals surface area (Å²) in [4.78, 5) is 2.33. The number of rotatable bonds is 2. The molecule has 0 atom stereocenters. The molecule has 2 aliphatic heterocycles. The highest BCUT2D eigenvalue weighted by atomic mass is 19.1. The van der Waals surface area contributed by atoms with Crippen molar-refractivity contribution >= 4 is 0 Å². The molecule has 1 fully saturated rings. The molecule has 0 aliphatic carbocycles. The summed E-state index contributed by atoms with van der Waals surface area (Å²) < 4.78 is 24.5. The van der Waals surface area contributed by atoms with Crippen molar-refractivity contribution in [2.45, 2.75) is 19.4 Å². The van der Waals surface area contributed by atoms with Crippen LogP contribution in [0.15, 0.2) is 12.1 Å². The number of hydrogen-bond acceptors (Lipinski definition) is 3. The molecule has 0 spiro atoms. The third-order valence-corrected chi connectivity index (χ3v) is 3.28. The lowest BCUT2D eigenvalue weighted by Gasteiger charge is -2.23. The number of nitrogens with zero attached hydrogens (tertiary/aromatic N) is 1. The Labute approximate surface area is 100 Å². The zero-order chi connectivity index (χ0) is 11.7. The minimum Gasteiger partial charge on any atom is -0.486 e. The van der Waals surface area contributed by atoms with Gasteiger partial charge in [-0.25, -0.2) is 4.39 Å². The average molecular weight is 237 g/mol. The number of ether oxygens (including phenoxy) is 2. The van der Waals surface area contributed by atoms with Crippen molar-refractivity contribution in [3.63, 3.8) is 0 Å². The Balaban J connectivity index is 1.88. The molecular formula is C13H16FNO2. The summed E-state index contributed by atoms with van der Waals surface area (Å²) in [5.74, 6) is 1.03. The van der Waals surface area contributed by atoms with Gasteiger partial charge < -0.3 is 9.47 Å². The van der Waals surface area contributed by atoms with Crippen molar-refractivity contribution in [3.05, 3.63) is 23.5 Å². The topological polar surface area (TPSA) is 21.7 Å². The lowest BCUT2D eigenvalue weighted by atomic mass is 10.1. The molecule has 1 aromatic carbocycles. The highest BCUT2D eigenvalue weighted by Crippen LogP contribution is 2.35. The van der Waals surface area contributed by atoms with E-state index >= 15 is 0 Å². The van der Waals surface area contributed by atoms with Crippen LogP contribution in [0.2, 0.25) is 0 Å². The van der Waals surface area contributed by atoms with E-state index in [-0.39, 0.29) is 5.82 Å². The fourth-order valence-electron chi connectivity index (χ4n) is 2.49. The predicted octanol–water partition coefficient (Wildman–Crippen LogP) is 2.19. The van der Waals surface area contributed by atoms with E-state index < -0.39 is 0 Å². The molecule has 4 heteroatoms. The van der Waals surface area contributed by atoms with Gasteiger partial charge in [0.15, 0.2) is 11.5 Å². The minimum absolute atomic E-state index is 0.247. The van der Waals surface area contributed by atoms with Gasteiger partial charge in [0.05, 0.1) is 0 Å². The Morgan fingerprint density at radius 3 is 2.71 bits per heavy atom. The number of likely N-dealkylation sites (tertiary alicyclic amines) is 1. The first-order valence-corrected chi connectivity index (χ1v) is 6.13. The third kappa shape index (κ3) is 2.22. The van der Waals surface area contributed by atoms with E-state index in [0.717, 1.165) is 30.9 Å². The molecule has 0 amide bonds. The second-order valence-electron chi connectivity index (χ2n) is 4.57. The zero-order valence-corrected chi connectivity index (χ0v) is 9.75. The number of halogens is 1. The largest absolute Gasteiger partial charge is 0.486 e. The molecule has 1 saturated heterocycles. The van der Waals surface area contributed by atoms with E-state index in [0.29, 0.717) is 19.0 Å². The molecule has 92 valence electrons. The maximum Gasteiger partial charge on any atom is 0.166 e. The van der Waals surface area contributed by atoms with Crippen LogP contribution in [0.5, 0.6) is 11.5 Å².